The van der Waals surface area contributed by atoms with Gasteiger partial charge in [-0.15, -0.1) is 11.3 Å². The highest BCUT2D eigenvalue weighted by Gasteiger charge is 2.17. The maximum Gasteiger partial charge on any atom is 0.265 e. The molecule has 0 spiro atoms. The fraction of sp³-hybridized carbons (Fsp3) is 0.158. The number of para-hydroxylation sites is 1. The molecule has 0 unspecified atom stereocenters. The second kappa shape index (κ2) is 7.28. The number of aryl methyl sites for hydroxylation is 1. The monoisotopic (exact) mass is 394 g/mol. The molecule has 0 bridgehead atoms. The van der Waals surface area contributed by atoms with Crippen molar-refractivity contribution in [3.63, 3.8) is 0 Å². The van der Waals surface area contributed by atoms with Gasteiger partial charge < -0.3 is 10.6 Å². The van der Waals surface area contributed by atoms with Crippen molar-refractivity contribution in [2.75, 3.05) is 12.4 Å². The van der Waals surface area contributed by atoms with E-state index in [9.17, 15) is 9.59 Å². The second-order valence-corrected chi connectivity index (χ2v) is 7.25. The number of carbonyl (C=O) groups is 2. The van der Waals surface area contributed by atoms with Crippen LogP contribution in [0.2, 0.25) is 0 Å². The topological polar surface area (TPSA) is 93.8 Å². The van der Waals surface area contributed by atoms with Crippen molar-refractivity contribution >= 4 is 39.1 Å². The van der Waals surface area contributed by atoms with Crippen LogP contribution in [0, 0.1) is 6.92 Å². The van der Waals surface area contributed by atoms with Crippen molar-refractivity contribution in [3.05, 3.63) is 59.4 Å². The molecule has 4 aromatic rings. The minimum absolute atomic E-state index is 0.0986. The molecule has 0 fully saturated rings. The number of nitrogens with zero attached hydrogens (tertiary/aromatic N) is 4. The largest absolute Gasteiger partial charge is 0.358 e. The normalized spacial score (nSPS) is 10.9. The van der Waals surface area contributed by atoms with Crippen molar-refractivity contribution in [2.45, 2.75) is 13.5 Å². The fourth-order valence-electron chi connectivity index (χ4n) is 2.84. The zero-order chi connectivity index (χ0) is 19.7. The Labute approximate surface area is 164 Å². The predicted octanol–water partition coefficient (Wildman–Crippen LogP) is 2.59. The number of aromatic nitrogens is 4. The lowest BCUT2D eigenvalue weighted by molar-refractivity contribution is -0.121. The molecule has 2 amide bonds. The number of rotatable bonds is 5. The van der Waals surface area contributed by atoms with Gasteiger partial charge in [0.05, 0.1) is 28.1 Å². The maximum atomic E-state index is 12.7. The Morgan fingerprint density at radius 3 is 2.75 bits per heavy atom. The molecule has 4 rings (SSSR count). The van der Waals surface area contributed by atoms with Gasteiger partial charge in [-0.25, -0.2) is 4.68 Å². The molecule has 0 saturated carbocycles. The van der Waals surface area contributed by atoms with Crippen LogP contribution in [0.3, 0.4) is 0 Å². The Balaban J connectivity index is 1.58. The van der Waals surface area contributed by atoms with Crippen molar-refractivity contribution in [2.24, 2.45) is 0 Å². The van der Waals surface area contributed by atoms with Crippen LogP contribution in [0.25, 0.3) is 15.9 Å². The summed E-state index contributed by atoms with van der Waals surface area (Å²) in [5.41, 5.74) is 2.35. The number of amides is 2. The lowest BCUT2D eigenvalue weighted by atomic mass is 10.3. The Hall–Kier alpha value is -3.46. The number of anilines is 1. The van der Waals surface area contributed by atoms with E-state index in [1.807, 2.05) is 48.0 Å². The fourth-order valence-corrected chi connectivity index (χ4v) is 3.91. The highest BCUT2D eigenvalue weighted by atomic mass is 32.1. The van der Waals surface area contributed by atoms with Gasteiger partial charge >= 0.3 is 0 Å². The summed E-state index contributed by atoms with van der Waals surface area (Å²) in [4.78, 5) is 25.6. The van der Waals surface area contributed by atoms with Crippen molar-refractivity contribution < 1.29 is 9.59 Å². The van der Waals surface area contributed by atoms with Gasteiger partial charge in [0, 0.05) is 18.6 Å². The van der Waals surface area contributed by atoms with E-state index < -0.39 is 0 Å². The number of hydrogen-bond donors (Lipinski definition) is 2. The molecule has 8 nitrogen and oxygen atoms in total. The minimum Gasteiger partial charge on any atom is -0.358 e. The number of nitrogens with one attached hydrogen (secondary N) is 2. The van der Waals surface area contributed by atoms with E-state index in [2.05, 4.69) is 20.8 Å². The number of carbonyl (C=O) groups excluding carboxylic acids is 2. The number of likely N-dealkylation sites (N-methyl/N-ethyl adjacent to an activating group) is 1. The van der Waals surface area contributed by atoms with E-state index in [0.29, 0.717) is 10.6 Å². The highest BCUT2D eigenvalue weighted by molar-refractivity contribution is 7.20. The lowest BCUT2D eigenvalue weighted by Crippen LogP contribution is -2.23. The highest BCUT2D eigenvalue weighted by Crippen LogP contribution is 2.30. The third kappa shape index (κ3) is 3.39. The first-order valence-electron chi connectivity index (χ1n) is 8.64. The van der Waals surface area contributed by atoms with Gasteiger partial charge in [-0.3, -0.25) is 14.3 Å². The Bertz CT molecular complexity index is 1160. The molecule has 142 valence electrons. The summed E-state index contributed by atoms with van der Waals surface area (Å²) >= 11 is 1.39. The van der Waals surface area contributed by atoms with E-state index in [0.717, 1.165) is 21.6 Å². The summed E-state index contributed by atoms with van der Waals surface area (Å²) in [7, 11) is 1.56. The van der Waals surface area contributed by atoms with Crippen LogP contribution in [0.15, 0.2) is 48.8 Å². The van der Waals surface area contributed by atoms with Gasteiger partial charge in [0.15, 0.2) is 0 Å². The first-order chi connectivity index (χ1) is 13.5. The Morgan fingerprint density at radius 2 is 2.00 bits per heavy atom. The lowest BCUT2D eigenvalue weighted by Gasteiger charge is -2.02. The molecule has 0 atom stereocenters. The molecule has 2 N–H and O–H groups in total. The van der Waals surface area contributed by atoms with Crippen molar-refractivity contribution in [3.8, 4) is 5.69 Å². The van der Waals surface area contributed by atoms with Gasteiger partial charge in [-0.05, 0) is 25.1 Å². The first-order valence-corrected chi connectivity index (χ1v) is 9.46. The molecule has 28 heavy (non-hydrogen) atoms. The number of hydrogen-bond acceptors (Lipinski definition) is 5. The van der Waals surface area contributed by atoms with Gasteiger partial charge in [-0.1, -0.05) is 18.2 Å². The van der Waals surface area contributed by atoms with Crippen LogP contribution in [-0.4, -0.2) is 38.4 Å². The molecule has 9 heteroatoms. The van der Waals surface area contributed by atoms with Crippen molar-refractivity contribution in [1.82, 2.24) is 24.9 Å². The molecule has 3 heterocycles. The minimum atomic E-state index is -0.222. The van der Waals surface area contributed by atoms with E-state index in [4.69, 9.17) is 0 Å². The third-order valence-electron chi connectivity index (χ3n) is 4.24. The summed E-state index contributed by atoms with van der Waals surface area (Å²) in [5, 5.41) is 15.0. The van der Waals surface area contributed by atoms with Crippen LogP contribution in [0.1, 0.15) is 15.4 Å². The van der Waals surface area contributed by atoms with Gasteiger partial charge in [0.2, 0.25) is 5.91 Å². The van der Waals surface area contributed by atoms with E-state index in [-0.39, 0.29) is 18.4 Å². The molecule has 0 radical (unpaired) electrons. The Morgan fingerprint density at radius 1 is 1.21 bits per heavy atom. The van der Waals surface area contributed by atoms with Crippen LogP contribution >= 0.6 is 11.3 Å². The van der Waals surface area contributed by atoms with Gasteiger partial charge in [0.25, 0.3) is 5.91 Å². The number of thiophene rings is 1. The second-order valence-electron chi connectivity index (χ2n) is 6.22. The number of fused-ring (bicyclic) bond motifs is 1. The summed E-state index contributed by atoms with van der Waals surface area (Å²) in [6, 6.07) is 11.7. The van der Waals surface area contributed by atoms with Gasteiger partial charge in [-0.2, -0.15) is 10.2 Å². The van der Waals surface area contributed by atoms with Crippen LogP contribution < -0.4 is 10.6 Å². The van der Waals surface area contributed by atoms with E-state index >= 15 is 0 Å². The van der Waals surface area contributed by atoms with Crippen LogP contribution in [0.5, 0.6) is 0 Å². The van der Waals surface area contributed by atoms with Gasteiger partial charge in [0.1, 0.15) is 11.4 Å². The zero-order valence-electron chi connectivity index (χ0n) is 15.3. The average molecular weight is 394 g/mol. The molecule has 0 aliphatic carbocycles. The van der Waals surface area contributed by atoms with E-state index in [1.165, 1.54) is 22.2 Å². The summed E-state index contributed by atoms with van der Waals surface area (Å²) < 4.78 is 3.32. The third-order valence-corrected chi connectivity index (χ3v) is 5.35. The molecule has 1 aromatic carbocycles. The average Bonchev–Trinajstić information content (AvgIpc) is 3.39. The molecule has 0 aliphatic heterocycles. The molecule has 0 aliphatic rings. The van der Waals surface area contributed by atoms with Crippen LogP contribution in [0.4, 0.5) is 5.69 Å². The maximum absolute atomic E-state index is 12.7. The predicted molar refractivity (Wildman–Crippen MR) is 108 cm³/mol. The smallest absolute Gasteiger partial charge is 0.265 e. The molecular weight excluding hydrogens is 376 g/mol. The molecular formula is C19H18N6O2S. The Kier molecular flexibility index (Phi) is 4.66. The SMILES string of the molecule is CNC(=O)Cn1cc(NC(=O)c2cc3c(C)nn(-c4ccccc4)c3s2)cn1. The standard InChI is InChI=1S/C19H18N6O2S/c1-12-15-8-16(28-19(15)25(23-12)14-6-4-3-5-7-14)18(27)22-13-9-21-24(10-13)11-17(26)20-2/h3-10H,11H2,1-2H3,(H,20,26)(H,22,27). The first kappa shape index (κ1) is 17.9. The zero-order valence-corrected chi connectivity index (χ0v) is 16.2. The summed E-state index contributed by atoms with van der Waals surface area (Å²) in [6.45, 7) is 2.03. The molecule has 0 saturated heterocycles. The van der Waals surface area contributed by atoms with E-state index in [1.54, 1.807) is 13.2 Å². The molecule has 3 aromatic heterocycles. The summed E-state index contributed by atoms with van der Waals surface area (Å²) in [6.07, 6.45) is 3.14. The quantitative estimate of drug-likeness (QED) is 0.544. The number of benzene rings is 1. The summed E-state index contributed by atoms with van der Waals surface area (Å²) in [5.74, 6) is -0.383. The van der Waals surface area contributed by atoms with Crippen molar-refractivity contribution in [1.29, 1.82) is 0 Å². The van der Waals surface area contributed by atoms with Crippen LogP contribution in [-0.2, 0) is 11.3 Å².